The van der Waals surface area contributed by atoms with Crippen LogP contribution in [0.15, 0.2) is 42.5 Å². The van der Waals surface area contributed by atoms with Crippen LogP contribution in [-0.4, -0.2) is 29.1 Å². The van der Waals surface area contributed by atoms with Crippen molar-refractivity contribution in [3.05, 3.63) is 65.4 Å². The maximum Gasteiger partial charge on any atom is 0.123 e. The van der Waals surface area contributed by atoms with E-state index in [1.807, 2.05) is 0 Å². The van der Waals surface area contributed by atoms with Gasteiger partial charge in [-0.05, 0) is 48.0 Å². The molecule has 0 atom stereocenters. The van der Waals surface area contributed by atoms with E-state index in [1.54, 1.807) is 24.3 Å². The van der Waals surface area contributed by atoms with Crippen LogP contribution in [0.25, 0.3) is 16.6 Å². The van der Waals surface area contributed by atoms with Crippen molar-refractivity contribution in [3.8, 4) is 5.69 Å². The Bertz CT molecular complexity index is 884. The zero-order chi connectivity index (χ0) is 16.7. The molecule has 1 aliphatic heterocycles. The van der Waals surface area contributed by atoms with Crippen LogP contribution < -0.4 is 5.73 Å². The monoisotopic (exact) mass is 327 g/mol. The second-order valence-electron chi connectivity index (χ2n) is 6.21. The third-order valence-electron chi connectivity index (χ3n) is 4.72. The second kappa shape index (κ2) is 6.00. The van der Waals surface area contributed by atoms with Gasteiger partial charge >= 0.3 is 0 Å². The molecular formula is C19H19F2N3. The Morgan fingerprint density at radius 1 is 1.00 bits per heavy atom. The van der Waals surface area contributed by atoms with Crippen LogP contribution in [0, 0.1) is 11.6 Å². The minimum Gasteiger partial charge on any atom is -0.329 e. The molecule has 1 aliphatic rings. The Morgan fingerprint density at radius 3 is 2.50 bits per heavy atom. The summed E-state index contributed by atoms with van der Waals surface area (Å²) in [7, 11) is 0. The minimum absolute atomic E-state index is 0.238. The van der Waals surface area contributed by atoms with Crippen molar-refractivity contribution >= 4 is 10.9 Å². The molecule has 0 fully saturated rings. The third-order valence-corrected chi connectivity index (χ3v) is 4.72. The fourth-order valence-electron chi connectivity index (χ4n) is 3.65. The van der Waals surface area contributed by atoms with Crippen LogP contribution in [0.2, 0.25) is 0 Å². The van der Waals surface area contributed by atoms with E-state index in [0.29, 0.717) is 6.54 Å². The van der Waals surface area contributed by atoms with Gasteiger partial charge in [0.25, 0.3) is 0 Å². The van der Waals surface area contributed by atoms with Crippen LogP contribution >= 0.6 is 0 Å². The normalized spacial score (nSPS) is 15.0. The van der Waals surface area contributed by atoms with E-state index < -0.39 is 0 Å². The molecular weight excluding hydrogens is 308 g/mol. The van der Waals surface area contributed by atoms with Crippen LogP contribution in [0.4, 0.5) is 8.78 Å². The summed E-state index contributed by atoms with van der Waals surface area (Å²) in [4.78, 5) is 2.29. The lowest BCUT2D eigenvalue weighted by molar-refractivity contribution is 0.260. The summed E-state index contributed by atoms with van der Waals surface area (Å²) < 4.78 is 29.2. The summed E-state index contributed by atoms with van der Waals surface area (Å²) in [6, 6.07) is 11.3. The number of hydrogen-bond acceptors (Lipinski definition) is 2. The summed E-state index contributed by atoms with van der Waals surface area (Å²) in [6.45, 7) is 3.13. The maximum absolute atomic E-state index is 13.8. The molecule has 0 bridgehead atoms. The lowest BCUT2D eigenvalue weighted by Gasteiger charge is -2.27. The van der Waals surface area contributed by atoms with Gasteiger partial charge in [-0.3, -0.25) is 4.90 Å². The number of aromatic nitrogens is 1. The molecule has 0 saturated heterocycles. The molecule has 2 aromatic carbocycles. The molecule has 0 spiro atoms. The lowest BCUT2D eigenvalue weighted by Crippen LogP contribution is -2.34. The lowest BCUT2D eigenvalue weighted by atomic mass is 10.0. The summed E-state index contributed by atoms with van der Waals surface area (Å²) in [5.41, 5.74) is 9.87. The topological polar surface area (TPSA) is 34.2 Å². The summed E-state index contributed by atoms with van der Waals surface area (Å²) >= 11 is 0. The van der Waals surface area contributed by atoms with E-state index in [0.717, 1.165) is 48.2 Å². The van der Waals surface area contributed by atoms with Gasteiger partial charge in [-0.2, -0.15) is 0 Å². The molecule has 0 aliphatic carbocycles. The number of fused-ring (bicyclic) bond motifs is 3. The molecule has 2 heterocycles. The number of rotatable bonds is 3. The van der Waals surface area contributed by atoms with Crippen LogP contribution in [-0.2, 0) is 13.0 Å². The van der Waals surface area contributed by atoms with Gasteiger partial charge in [0.1, 0.15) is 11.6 Å². The molecule has 1 aromatic heterocycles. The highest BCUT2D eigenvalue weighted by Gasteiger charge is 2.24. The molecule has 3 aromatic rings. The van der Waals surface area contributed by atoms with Gasteiger partial charge in [-0.1, -0.05) is 0 Å². The van der Waals surface area contributed by atoms with Crippen molar-refractivity contribution in [1.82, 2.24) is 9.47 Å². The minimum atomic E-state index is -0.260. The third kappa shape index (κ3) is 2.50. The molecule has 0 amide bonds. The highest BCUT2D eigenvalue weighted by molar-refractivity contribution is 5.87. The number of hydrogen-bond donors (Lipinski definition) is 1. The van der Waals surface area contributed by atoms with Crippen molar-refractivity contribution in [2.45, 2.75) is 13.0 Å². The number of benzene rings is 2. The average Bonchev–Trinajstić information content (AvgIpc) is 2.89. The van der Waals surface area contributed by atoms with E-state index in [9.17, 15) is 8.78 Å². The summed E-state index contributed by atoms with van der Waals surface area (Å²) in [5, 5.41) is 0.927. The van der Waals surface area contributed by atoms with Gasteiger partial charge in [0.2, 0.25) is 0 Å². The summed E-state index contributed by atoms with van der Waals surface area (Å²) in [6.07, 6.45) is 0.864. The molecule has 2 N–H and O–H groups in total. The smallest absolute Gasteiger partial charge is 0.123 e. The second-order valence-corrected chi connectivity index (χ2v) is 6.21. The maximum atomic E-state index is 13.8. The van der Waals surface area contributed by atoms with E-state index in [2.05, 4.69) is 9.47 Å². The first kappa shape index (κ1) is 15.3. The first-order valence-corrected chi connectivity index (χ1v) is 8.17. The van der Waals surface area contributed by atoms with Crippen LogP contribution in [0.3, 0.4) is 0 Å². The van der Waals surface area contributed by atoms with Gasteiger partial charge in [-0.25, -0.2) is 8.78 Å². The van der Waals surface area contributed by atoms with Gasteiger partial charge in [0.15, 0.2) is 0 Å². The largest absolute Gasteiger partial charge is 0.329 e. The van der Waals surface area contributed by atoms with Gasteiger partial charge < -0.3 is 10.3 Å². The number of nitrogens with zero attached hydrogens (tertiary/aromatic N) is 2. The molecule has 0 radical (unpaired) electrons. The summed E-state index contributed by atoms with van der Waals surface area (Å²) in [5.74, 6) is -0.498. The zero-order valence-corrected chi connectivity index (χ0v) is 13.3. The van der Waals surface area contributed by atoms with Crippen molar-refractivity contribution in [2.75, 3.05) is 19.6 Å². The Morgan fingerprint density at radius 2 is 1.75 bits per heavy atom. The van der Waals surface area contributed by atoms with Crippen molar-refractivity contribution in [3.63, 3.8) is 0 Å². The van der Waals surface area contributed by atoms with Gasteiger partial charge in [-0.15, -0.1) is 0 Å². The van der Waals surface area contributed by atoms with E-state index in [1.165, 1.54) is 23.9 Å². The van der Waals surface area contributed by atoms with Gasteiger partial charge in [0, 0.05) is 49.4 Å². The fourth-order valence-corrected chi connectivity index (χ4v) is 3.65. The Kier molecular flexibility index (Phi) is 3.82. The van der Waals surface area contributed by atoms with Gasteiger partial charge in [0.05, 0.1) is 5.52 Å². The molecule has 3 nitrogen and oxygen atoms in total. The predicted octanol–water partition coefficient (Wildman–Crippen LogP) is 3.23. The first-order chi connectivity index (χ1) is 11.7. The Hall–Kier alpha value is -2.24. The van der Waals surface area contributed by atoms with Crippen molar-refractivity contribution in [1.29, 1.82) is 0 Å². The van der Waals surface area contributed by atoms with Crippen LogP contribution in [0.5, 0.6) is 0 Å². The van der Waals surface area contributed by atoms with E-state index in [4.69, 9.17) is 5.73 Å². The molecule has 24 heavy (non-hydrogen) atoms. The van der Waals surface area contributed by atoms with Crippen LogP contribution in [0.1, 0.15) is 11.3 Å². The quantitative estimate of drug-likeness (QED) is 0.801. The fraction of sp³-hybridized carbons (Fsp3) is 0.263. The average molecular weight is 327 g/mol. The highest BCUT2D eigenvalue weighted by Crippen LogP contribution is 2.33. The van der Waals surface area contributed by atoms with E-state index in [-0.39, 0.29) is 11.6 Å². The Balaban J connectivity index is 1.93. The molecule has 0 unspecified atom stereocenters. The first-order valence-electron chi connectivity index (χ1n) is 8.17. The zero-order valence-electron chi connectivity index (χ0n) is 13.3. The van der Waals surface area contributed by atoms with Crippen molar-refractivity contribution in [2.24, 2.45) is 5.73 Å². The Labute approximate surface area is 139 Å². The molecule has 5 heteroatoms. The predicted molar refractivity (Wildman–Crippen MR) is 91.2 cm³/mol. The number of halogens is 2. The van der Waals surface area contributed by atoms with E-state index >= 15 is 0 Å². The molecule has 0 saturated carbocycles. The SMILES string of the molecule is NCCN1CCc2c(c3cc(F)ccc3n2-c2ccc(F)cc2)C1. The molecule has 124 valence electrons. The standard InChI is InChI=1S/C19H19F2N3/c20-13-1-4-15(5-2-13)24-18-6-3-14(21)11-16(18)17-12-23(10-8-22)9-7-19(17)24/h1-6,11H,7-10,12,22H2. The number of nitrogens with two attached hydrogens (primary N) is 1. The highest BCUT2D eigenvalue weighted by atomic mass is 19.1. The van der Waals surface area contributed by atoms with Crippen molar-refractivity contribution < 1.29 is 8.78 Å². The molecule has 4 rings (SSSR count).